The van der Waals surface area contributed by atoms with E-state index in [9.17, 15) is 9.90 Å². The number of fused-ring (bicyclic) bond motifs is 2. The second kappa shape index (κ2) is 6.57. The monoisotopic (exact) mass is 460 g/mol. The summed E-state index contributed by atoms with van der Waals surface area (Å²) >= 11 is 2.01. The molecule has 1 atom stereocenters. The molecule has 7 nitrogen and oxygen atoms in total. The SMILES string of the molecule is N#Cc1cnc2c(c1)CCCC2Oc1ccc2c(c1)c(I)nn2C(=O)O. The predicted octanol–water partition coefficient (Wildman–Crippen LogP) is 3.89. The van der Waals surface area contributed by atoms with Gasteiger partial charge in [-0.1, -0.05) is 0 Å². The highest BCUT2D eigenvalue weighted by molar-refractivity contribution is 14.1. The standard InChI is InChI=1S/C18H13IN4O3/c19-17-13-7-12(4-5-14(13)23(22-17)18(24)25)26-15-3-1-2-11-6-10(8-20)9-21-16(11)15/h4-7,9,15H,1-3H2,(H,24,25). The van der Waals surface area contributed by atoms with Gasteiger partial charge in [-0.25, -0.2) is 4.79 Å². The summed E-state index contributed by atoms with van der Waals surface area (Å²) < 4.78 is 7.72. The van der Waals surface area contributed by atoms with Crippen LogP contribution >= 0.6 is 22.6 Å². The van der Waals surface area contributed by atoms with Crippen LogP contribution in [0.3, 0.4) is 0 Å². The van der Waals surface area contributed by atoms with Crippen molar-refractivity contribution in [2.75, 3.05) is 0 Å². The fourth-order valence-electron chi connectivity index (χ4n) is 3.25. The van der Waals surface area contributed by atoms with E-state index in [2.05, 4.69) is 16.2 Å². The van der Waals surface area contributed by atoms with E-state index >= 15 is 0 Å². The summed E-state index contributed by atoms with van der Waals surface area (Å²) in [6, 6.07) is 9.25. The molecular formula is C18H13IN4O3. The van der Waals surface area contributed by atoms with Crippen molar-refractivity contribution in [3.63, 3.8) is 0 Å². The van der Waals surface area contributed by atoms with Crippen molar-refractivity contribution >= 4 is 39.6 Å². The molecule has 0 spiro atoms. The highest BCUT2D eigenvalue weighted by atomic mass is 127. The molecule has 0 bridgehead atoms. The zero-order valence-corrected chi connectivity index (χ0v) is 15.7. The number of aromatic nitrogens is 3. The van der Waals surface area contributed by atoms with Crippen LogP contribution in [0.25, 0.3) is 10.9 Å². The summed E-state index contributed by atoms with van der Waals surface area (Å²) in [7, 11) is 0. The van der Waals surface area contributed by atoms with E-state index in [1.807, 2.05) is 34.7 Å². The number of pyridine rings is 1. The molecule has 4 rings (SSSR count). The third-order valence-electron chi connectivity index (χ3n) is 4.41. The Balaban J connectivity index is 1.68. The Hall–Kier alpha value is -2.67. The Bertz CT molecular complexity index is 1070. The summed E-state index contributed by atoms with van der Waals surface area (Å²) in [6.45, 7) is 0. The fraction of sp³-hybridized carbons (Fsp3) is 0.222. The molecule has 0 aliphatic heterocycles. The highest BCUT2D eigenvalue weighted by Crippen LogP contribution is 2.34. The first-order valence-electron chi connectivity index (χ1n) is 8.04. The summed E-state index contributed by atoms with van der Waals surface area (Å²) in [5.74, 6) is 0.643. The third kappa shape index (κ3) is 2.88. The number of hydrogen-bond acceptors (Lipinski definition) is 5. The van der Waals surface area contributed by atoms with Gasteiger partial charge in [-0.3, -0.25) is 4.98 Å². The van der Waals surface area contributed by atoms with Gasteiger partial charge in [-0.15, -0.1) is 0 Å². The van der Waals surface area contributed by atoms with Crippen LogP contribution in [0.2, 0.25) is 0 Å². The maximum atomic E-state index is 11.3. The van der Waals surface area contributed by atoms with E-state index in [-0.39, 0.29) is 6.10 Å². The van der Waals surface area contributed by atoms with Gasteiger partial charge >= 0.3 is 6.09 Å². The van der Waals surface area contributed by atoms with Crippen molar-refractivity contribution in [2.24, 2.45) is 0 Å². The van der Waals surface area contributed by atoms with E-state index in [4.69, 9.17) is 10.00 Å². The highest BCUT2D eigenvalue weighted by Gasteiger charge is 2.24. The molecule has 8 heteroatoms. The molecule has 1 unspecified atom stereocenters. The molecule has 1 N–H and O–H groups in total. The number of hydrogen-bond donors (Lipinski definition) is 1. The Kier molecular flexibility index (Phi) is 4.24. The number of halogens is 1. The normalized spacial score (nSPS) is 16.1. The van der Waals surface area contributed by atoms with Gasteiger partial charge in [-0.2, -0.15) is 15.0 Å². The van der Waals surface area contributed by atoms with Crippen LogP contribution in [0.15, 0.2) is 30.5 Å². The molecule has 3 aromatic rings. The number of nitriles is 1. The second-order valence-electron chi connectivity index (χ2n) is 6.04. The van der Waals surface area contributed by atoms with Crippen LogP contribution in [-0.2, 0) is 6.42 Å². The van der Waals surface area contributed by atoms with Crippen LogP contribution in [0.5, 0.6) is 5.75 Å². The first-order valence-corrected chi connectivity index (χ1v) is 9.12. The van der Waals surface area contributed by atoms with Crippen molar-refractivity contribution in [3.8, 4) is 11.8 Å². The third-order valence-corrected chi connectivity index (χ3v) is 5.21. The molecule has 2 aromatic heterocycles. The van der Waals surface area contributed by atoms with Crippen molar-refractivity contribution in [2.45, 2.75) is 25.4 Å². The Labute approximate surface area is 162 Å². The number of nitrogens with zero attached hydrogens (tertiary/aromatic N) is 4. The van der Waals surface area contributed by atoms with E-state index in [0.717, 1.165) is 40.6 Å². The average molecular weight is 460 g/mol. The molecule has 0 fully saturated rings. The summed E-state index contributed by atoms with van der Waals surface area (Å²) in [5, 5.41) is 23.0. The minimum Gasteiger partial charge on any atom is -0.484 e. The number of aryl methyl sites for hydroxylation is 1. The molecule has 0 radical (unpaired) electrons. The minimum absolute atomic E-state index is 0.184. The predicted molar refractivity (Wildman–Crippen MR) is 101 cm³/mol. The van der Waals surface area contributed by atoms with Crippen molar-refractivity contribution < 1.29 is 14.6 Å². The first-order chi connectivity index (χ1) is 12.6. The van der Waals surface area contributed by atoms with Crippen molar-refractivity contribution in [1.82, 2.24) is 14.8 Å². The molecule has 0 saturated heterocycles. The second-order valence-corrected chi connectivity index (χ2v) is 7.06. The molecule has 130 valence electrons. The smallest absolute Gasteiger partial charge is 0.432 e. The van der Waals surface area contributed by atoms with Gasteiger partial charge in [-0.05, 0) is 71.7 Å². The minimum atomic E-state index is -1.12. The van der Waals surface area contributed by atoms with E-state index in [1.54, 1.807) is 18.3 Å². The molecule has 0 saturated carbocycles. The Morgan fingerprint density at radius 3 is 3.04 bits per heavy atom. The summed E-state index contributed by atoms with van der Waals surface area (Å²) in [4.78, 5) is 15.7. The zero-order valence-electron chi connectivity index (χ0n) is 13.5. The lowest BCUT2D eigenvalue weighted by molar-refractivity contribution is 0.178. The molecular weight excluding hydrogens is 447 g/mol. The number of carboxylic acid groups (broad SMARTS) is 1. The maximum absolute atomic E-state index is 11.3. The molecule has 1 aliphatic carbocycles. The number of rotatable bonds is 2. The van der Waals surface area contributed by atoms with Crippen LogP contribution in [0.4, 0.5) is 4.79 Å². The average Bonchev–Trinajstić information content (AvgIpc) is 2.98. The van der Waals surface area contributed by atoms with Crippen molar-refractivity contribution in [1.29, 1.82) is 5.26 Å². The van der Waals surface area contributed by atoms with E-state index in [1.165, 1.54) is 0 Å². The Morgan fingerprint density at radius 2 is 2.27 bits per heavy atom. The Morgan fingerprint density at radius 1 is 1.42 bits per heavy atom. The molecule has 26 heavy (non-hydrogen) atoms. The number of benzene rings is 1. The van der Waals surface area contributed by atoms with Gasteiger partial charge in [0.15, 0.2) is 0 Å². The van der Waals surface area contributed by atoms with Crippen LogP contribution < -0.4 is 4.74 Å². The van der Waals surface area contributed by atoms with Gasteiger partial charge in [0.25, 0.3) is 0 Å². The van der Waals surface area contributed by atoms with Gasteiger partial charge in [0.2, 0.25) is 0 Å². The number of carbonyl (C=O) groups is 1. The zero-order chi connectivity index (χ0) is 18.3. The molecule has 2 heterocycles. The van der Waals surface area contributed by atoms with E-state index in [0.29, 0.717) is 20.5 Å². The molecule has 1 aliphatic rings. The molecule has 1 aromatic carbocycles. The summed E-state index contributed by atoms with van der Waals surface area (Å²) in [5.41, 5.74) is 3.00. The van der Waals surface area contributed by atoms with Crippen LogP contribution in [-0.4, -0.2) is 26.0 Å². The van der Waals surface area contributed by atoms with Crippen LogP contribution in [0.1, 0.15) is 35.8 Å². The number of ether oxygens (including phenoxy) is 1. The van der Waals surface area contributed by atoms with Gasteiger partial charge < -0.3 is 9.84 Å². The summed E-state index contributed by atoms with van der Waals surface area (Å²) in [6.07, 6.45) is 2.96. The lowest BCUT2D eigenvalue weighted by Gasteiger charge is -2.25. The fourth-order valence-corrected chi connectivity index (χ4v) is 3.89. The largest absolute Gasteiger partial charge is 0.484 e. The first kappa shape index (κ1) is 16.8. The van der Waals surface area contributed by atoms with Crippen LogP contribution in [0, 0.1) is 15.0 Å². The molecule has 0 amide bonds. The van der Waals surface area contributed by atoms with Gasteiger partial charge in [0.05, 0.1) is 16.8 Å². The van der Waals surface area contributed by atoms with Gasteiger partial charge in [0, 0.05) is 11.6 Å². The van der Waals surface area contributed by atoms with Crippen molar-refractivity contribution in [3.05, 3.63) is 51.0 Å². The topological polar surface area (TPSA) is 101 Å². The van der Waals surface area contributed by atoms with E-state index < -0.39 is 6.09 Å². The van der Waals surface area contributed by atoms with Gasteiger partial charge in [0.1, 0.15) is 21.6 Å². The lowest BCUT2D eigenvalue weighted by atomic mass is 9.93. The maximum Gasteiger partial charge on any atom is 0.432 e. The quantitative estimate of drug-likeness (QED) is 0.583. The lowest BCUT2D eigenvalue weighted by Crippen LogP contribution is -2.17.